The van der Waals surface area contributed by atoms with Crippen molar-refractivity contribution in [2.75, 3.05) is 0 Å². The summed E-state index contributed by atoms with van der Waals surface area (Å²) in [4.78, 5) is 0. The van der Waals surface area contributed by atoms with Crippen molar-refractivity contribution in [3.05, 3.63) is 5.82 Å². The Labute approximate surface area is 79.6 Å². The Morgan fingerprint density at radius 2 is 2.21 bits per heavy atom. The molecular weight excluding hydrogens is 188 g/mol. The number of rotatable bonds is 0. The molecule has 7 nitrogen and oxygen atoms in total. The second kappa shape index (κ2) is 2.30. The van der Waals surface area contributed by atoms with Gasteiger partial charge in [-0.15, -0.1) is 5.10 Å². The highest BCUT2D eigenvalue weighted by atomic mass is 16.8. The highest BCUT2D eigenvalue weighted by Crippen LogP contribution is 2.44. The van der Waals surface area contributed by atoms with Crippen molar-refractivity contribution in [2.45, 2.75) is 38.1 Å². The molecule has 3 unspecified atom stereocenters. The van der Waals surface area contributed by atoms with Crippen LogP contribution in [0.2, 0.25) is 0 Å². The van der Waals surface area contributed by atoms with Crippen LogP contribution in [0, 0.1) is 0 Å². The second-order valence-electron chi connectivity index (χ2n) is 3.92. The first-order valence-electron chi connectivity index (χ1n) is 4.40. The third kappa shape index (κ3) is 0.887. The number of nitrogens with zero attached hydrogens (tertiary/aromatic N) is 4. The minimum Gasteiger partial charge on any atom is -0.382 e. The lowest BCUT2D eigenvalue weighted by Crippen LogP contribution is -2.24. The van der Waals surface area contributed by atoms with Crippen LogP contribution < -0.4 is 0 Å². The van der Waals surface area contributed by atoms with Crippen molar-refractivity contribution >= 4 is 0 Å². The van der Waals surface area contributed by atoms with E-state index in [4.69, 9.17) is 9.47 Å². The Balaban J connectivity index is 2.03. The van der Waals surface area contributed by atoms with Crippen molar-refractivity contribution < 1.29 is 14.6 Å². The molecule has 2 aliphatic heterocycles. The van der Waals surface area contributed by atoms with E-state index in [0.717, 1.165) is 0 Å². The lowest BCUT2D eigenvalue weighted by Gasteiger charge is -2.18. The monoisotopic (exact) mass is 198 g/mol. The Kier molecular flexibility index (Phi) is 1.36. The van der Waals surface area contributed by atoms with E-state index in [-0.39, 0.29) is 0 Å². The first-order chi connectivity index (χ1) is 6.58. The van der Waals surface area contributed by atoms with Gasteiger partial charge in [0, 0.05) is 0 Å². The zero-order valence-electron chi connectivity index (χ0n) is 7.78. The molecule has 0 aromatic carbocycles. The van der Waals surface area contributed by atoms with Gasteiger partial charge in [0.25, 0.3) is 0 Å². The van der Waals surface area contributed by atoms with Crippen molar-refractivity contribution in [3.63, 3.8) is 0 Å². The lowest BCUT2D eigenvalue weighted by molar-refractivity contribution is -0.166. The SMILES string of the molecule is CC1(C)OC2C(O)c3nnnn3C2O1. The fourth-order valence-electron chi connectivity index (χ4n) is 1.90. The maximum absolute atomic E-state index is 9.80. The fraction of sp³-hybridized carbons (Fsp3) is 0.857. The molecule has 14 heavy (non-hydrogen) atoms. The van der Waals surface area contributed by atoms with Gasteiger partial charge in [-0.1, -0.05) is 0 Å². The van der Waals surface area contributed by atoms with Gasteiger partial charge < -0.3 is 14.6 Å². The average molecular weight is 198 g/mol. The molecule has 3 atom stereocenters. The molecule has 0 bridgehead atoms. The van der Waals surface area contributed by atoms with Crippen molar-refractivity contribution in [1.82, 2.24) is 20.2 Å². The number of aliphatic hydroxyl groups excluding tert-OH is 1. The molecule has 76 valence electrons. The van der Waals surface area contributed by atoms with Crippen molar-refractivity contribution in [1.29, 1.82) is 0 Å². The Hall–Kier alpha value is -1.05. The number of hydrogen-bond donors (Lipinski definition) is 1. The van der Waals surface area contributed by atoms with Crippen molar-refractivity contribution in [2.24, 2.45) is 0 Å². The number of fused-ring (bicyclic) bond motifs is 3. The molecular formula is C7H10N4O3. The molecule has 1 N–H and O–H groups in total. The van der Waals surface area contributed by atoms with Crippen LogP contribution in [-0.2, 0) is 9.47 Å². The number of ether oxygens (including phenoxy) is 2. The molecule has 0 aliphatic carbocycles. The summed E-state index contributed by atoms with van der Waals surface area (Å²) in [5.41, 5.74) is 0. The minimum absolute atomic E-state index is 0.399. The molecule has 3 heterocycles. The maximum Gasteiger partial charge on any atom is 0.186 e. The third-order valence-electron chi connectivity index (χ3n) is 2.44. The Morgan fingerprint density at radius 3 is 3.00 bits per heavy atom. The fourth-order valence-corrected chi connectivity index (χ4v) is 1.90. The van der Waals surface area contributed by atoms with E-state index in [0.29, 0.717) is 5.82 Å². The predicted molar refractivity (Wildman–Crippen MR) is 41.9 cm³/mol. The smallest absolute Gasteiger partial charge is 0.186 e. The van der Waals surface area contributed by atoms with Crippen LogP contribution in [0.1, 0.15) is 32.0 Å². The van der Waals surface area contributed by atoms with E-state index < -0.39 is 24.2 Å². The van der Waals surface area contributed by atoms with E-state index in [1.54, 1.807) is 13.8 Å². The second-order valence-corrected chi connectivity index (χ2v) is 3.92. The molecule has 1 aromatic heterocycles. The van der Waals surface area contributed by atoms with Gasteiger partial charge in [0.1, 0.15) is 12.2 Å². The molecule has 0 spiro atoms. The molecule has 0 radical (unpaired) electrons. The van der Waals surface area contributed by atoms with E-state index in [1.165, 1.54) is 4.68 Å². The summed E-state index contributed by atoms with van der Waals surface area (Å²) < 4.78 is 12.6. The Bertz CT molecular complexity index is 377. The summed E-state index contributed by atoms with van der Waals surface area (Å²) in [6.45, 7) is 3.59. The molecule has 2 aliphatic rings. The van der Waals surface area contributed by atoms with Crippen LogP contribution in [-0.4, -0.2) is 37.2 Å². The Morgan fingerprint density at radius 1 is 1.43 bits per heavy atom. The van der Waals surface area contributed by atoms with Gasteiger partial charge in [0.15, 0.2) is 17.8 Å². The summed E-state index contributed by atoms with van der Waals surface area (Å²) in [7, 11) is 0. The maximum atomic E-state index is 9.80. The van der Waals surface area contributed by atoms with Gasteiger partial charge in [-0.05, 0) is 24.3 Å². The molecule has 0 amide bonds. The summed E-state index contributed by atoms with van der Waals surface area (Å²) in [6, 6.07) is 0. The number of aromatic nitrogens is 4. The summed E-state index contributed by atoms with van der Waals surface area (Å²) in [5.74, 6) is -0.296. The van der Waals surface area contributed by atoms with Crippen LogP contribution in [0.25, 0.3) is 0 Å². The average Bonchev–Trinajstić information content (AvgIpc) is 2.70. The van der Waals surface area contributed by atoms with Gasteiger partial charge in [-0.2, -0.15) is 4.68 Å². The third-order valence-corrected chi connectivity index (χ3v) is 2.44. The molecule has 3 rings (SSSR count). The number of aliphatic hydroxyl groups is 1. The van der Waals surface area contributed by atoms with E-state index in [2.05, 4.69) is 15.5 Å². The standard InChI is InChI=1S/C7H10N4O3/c1-7(2)13-4-3(12)5-8-9-10-11(5)6(4)14-7/h3-4,6,12H,1-2H3. The van der Waals surface area contributed by atoms with Gasteiger partial charge in [-0.25, -0.2) is 0 Å². The summed E-state index contributed by atoms with van der Waals surface area (Å²) >= 11 is 0. The normalized spacial score (nSPS) is 38.4. The van der Waals surface area contributed by atoms with Crippen molar-refractivity contribution in [3.8, 4) is 0 Å². The van der Waals surface area contributed by atoms with Gasteiger partial charge in [0.2, 0.25) is 0 Å². The van der Waals surface area contributed by atoms with Crippen LogP contribution in [0.15, 0.2) is 0 Å². The topological polar surface area (TPSA) is 82.3 Å². The quantitative estimate of drug-likeness (QED) is 0.597. The molecule has 7 heteroatoms. The van der Waals surface area contributed by atoms with E-state index in [9.17, 15) is 5.11 Å². The van der Waals surface area contributed by atoms with Gasteiger partial charge in [0.05, 0.1) is 0 Å². The molecule has 0 saturated carbocycles. The number of hydrogen-bond acceptors (Lipinski definition) is 6. The first-order valence-corrected chi connectivity index (χ1v) is 4.40. The van der Waals surface area contributed by atoms with Crippen LogP contribution in [0.3, 0.4) is 0 Å². The van der Waals surface area contributed by atoms with Crippen LogP contribution >= 0.6 is 0 Å². The molecule has 1 fully saturated rings. The van der Waals surface area contributed by atoms with Gasteiger partial charge >= 0.3 is 0 Å². The van der Waals surface area contributed by atoms with E-state index in [1.807, 2.05) is 0 Å². The highest BCUT2D eigenvalue weighted by molar-refractivity contribution is 5.04. The minimum atomic E-state index is -0.809. The summed E-state index contributed by atoms with van der Waals surface area (Å²) in [5, 5.41) is 20.7. The number of tetrazole rings is 1. The van der Waals surface area contributed by atoms with E-state index >= 15 is 0 Å². The first kappa shape index (κ1) is 8.27. The van der Waals surface area contributed by atoms with Gasteiger partial charge in [-0.3, -0.25) is 0 Å². The molecule has 1 aromatic rings. The zero-order chi connectivity index (χ0) is 9.92. The lowest BCUT2D eigenvalue weighted by atomic mass is 10.2. The zero-order valence-corrected chi connectivity index (χ0v) is 7.78. The van der Waals surface area contributed by atoms with Crippen LogP contribution in [0.4, 0.5) is 0 Å². The summed E-state index contributed by atoms with van der Waals surface area (Å²) in [6.07, 6.45) is -1.65. The predicted octanol–water partition coefficient (Wildman–Crippen LogP) is -0.630. The highest BCUT2D eigenvalue weighted by Gasteiger charge is 2.53. The largest absolute Gasteiger partial charge is 0.382 e. The molecule has 1 saturated heterocycles. The van der Waals surface area contributed by atoms with Crippen LogP contribution in [0.5, 0.6) is 0 Å².